The third-order valence-electron chi connectivity index (χ3n) is 3.50. The van der Waals surface area contributed by atoms with Gasteiger partial charge in [-0.2, -0.15) is 0 Å². The first-order chi connectivity index (χ1) is 13.2. The highest BCUT2D eigenvalue weighted by atomic mass is 32.2. The number of anilines is 1. The van der Waals surface area contributed by atoms with Crippen LogP contribution in [0, 0.1) is 10.6 Å². The number of rotatable bonds is 7. The Morgan fingerprint density at radius 1 is 1.39 bits per heavy atom. The van der Waals surface area contributed by atoms with E-state index in [0.717, 1.165) is 11.9 Å². The number of hydrogen-bond donors (Lipinski definition) is 3. The van der Waals surface area contributed by atoms with E-state index in [9.17, 15) is 8.60 Å². The Kier molecular flexibility index (Phi) is 6.89. The third kappa shape index (κ3) is 6.20. The summed E-state index contributed by atoms with van der Waals surface area (Å²) in [6, 6.07) is 11.1. The van der Waals surface area contributed by atoms with Gasteiger partial charge in [-0.25, -0.2) is 18.6 Å². The molecule has 0 aliphatic heterocycles. The normalized spacial score (nSPS) is 13.9. The van der Waals surface area contributed by atoms with Gasteiger partial charge in [0.25, 0.3) is 0 Å². The average Bonchev–Trinajstić information content (AvgIpc) is 2.60. The minimum absolute atomic E-state index is 0.147. The lowest BCUT2D eigenvalue weighted by atomic mass is 10.2. The van der Waals surface area contributed by atoms with Gasteiger partial charge in [-0.05, 0) is 29.8 Å². The zero-order valence-electron chi connectivity index (χ0n) is 15.6. The van der Waals surface area contributed by atoms with Crippen LogP contribution in [0.15, 0.2) is 64.8 Å². The Morgan fingerprint density at radius 3 is 2.79 bits per heavy atom. The highest BCUT2D eigenvalue weighted by molar-refractivity contribution is 7.90. The number of benzene rings is 2. The molecule has 7 nitrogen and oxygen atoms in total. The van der Waals surface area contributed by atoms with Crippen LogP contribution < -0.4 is 15.8 Å². The van der Waals surface area contributed by atoms with Crippen molar-refractivity contribution in [2.45, 2.75) is 5.75 Å². The summed E-state index contributed by atoms with van der Waals surface area (Å²) < 4.78 is 37.9. The number of nitrogens with two attached hydrogens (primary N) is 1. The smallest absolute Gasteiger partial charge is 0.166 e. The second-order valence-corrected chi connectivity index (χ2v) is 8.28. The van der Waals surface area contributed by atoms with Crippen LogP contribution in [-0.2, 0) is 15.5 Å². The van der Waals surface area contributed by atoms with Crippen LogP contribution in [0.25, 0.3) is 0 Å². The second-order valence-electron chi connectivity index (χ2n) is 5.98. The lowest BCUT2D eigenvalue weighted by Crippen LogP contribution is -2.07. The van der Waals surface area contributed by atoms with Gasteiger partial charge in [0.15, 0.2) is 5.84 Å². The lowest BCUT2D eigenvalue weighted by molar-refractivity contribution is 0.410. The summed E-state index contributed by atoms with van der Waals surface area (Å²) in [5, 5.41) is 3.01. The molecule has 0 heterocycles. The van der Waals surface area contributed by atoms with Gasteiger partial charge in [0.1, 0.15) is 17.4 Å². The van der Waals surface area contributed by atoms with Crippen molar-refractivity contribution >= 4 is 27.6 Å². The summed E-state index contributed by atoms with van der Waals surface area (Å²) in [7, 11) is -1.24. The molecule has 2 aromatic carbocycles. The zero-order chi connectivity index (χ0) is 20.7. The molecule has 0 aromatic heterocycles. The summed E-state index contributed by atoms with van der Waals surface area (Å²) in [5.74, 6) is 0.399. The van der Waals surface area contributed by atoms with E-state index in [1.54, 1.807) is 24.3 Å². The van der Waals surface area contributed by atoms with E-state index >= 15 is 0 Å². The van der Waals surface area contributed by atoms with Gasteiger partial charge in [0.2, 0.25) is 0 Å². The van der Waals surface area contributed by atoms with E-state index in [1.807, 2.05) is 0 Å². The van der Waals surface area contributed by atoms with E-state index in [4.69, 9.17) is 15.3 Å². The Morgan fingerprint density at radius 2 is 2.14 bits per heavy atom. The van der Waals surface area contributed by atoms with Crippen molar-refractivity contribution in [1.82, 2.24) is 0 Å². The van der Waals surface area contributed by atoms with Crippen LogP contribution in [0.1, 0.15) is 11.1 Å². The van der Waals surface area contributed by atoms with Crippen molar-refractivity contribution in [3.8, 4) is 5.75 Å². The highest BCUT2D eigenvalue weighted by Crippen LogP contribution is 2.22. The molecule has 0 saturated carbocycles. The Hall–Kier alpha value is -3.20. The van der Waals surface area contributed by atoms with Crippen LogP contribution >= 0.6 is 0 Å². The minimum atomic E-state index is -2.65. The second kappa shape index (κ2) is 9.14. The maximum Gasteiger partial charge on any atom is 0.166 e. The van der Waals surface area contributed by atoms with E-state index in [0.29, 0.717) is 11.3 Å². The first-order valence-corrected chi connectivity index (χ1v) is 10.3. The number of hydrogen-bond acceptors (Lipinski definition) is 5. The van der Waals surface area contributed by atoms with Gasteiger partial charge >= 0.3 is 0 Å². The number of amidine groups is 1. The van der Waals surface area contributed by atoms with Crippen molar-refractivity contribution in [1.29, 1.82) is 4.78 Å². The van der Waals surface area contributed by atoms with Crippen LogP contribution in [0.5, 0.6) is 5.75 Å². The Bertz CT molecular complexity index is 1030. The van der Waals surface area contributed by atoms with Crippen molar-refractivity contribution in [3.05, 3.63) is 71.8 Å². The number of ether oxygens (including phenoxy) is 1. The summed E-state index contributed by atoms with van der Waals surface area (Å²) in [4.78, 5) is 8.33. The molecule has 0 saturated heterocycles. The molecule has 0 radical (unpaired) electrons. The van der Waals surface area contributed by atoms with Gasteiger partial charge in [-0.3, -0.25) is 4.78 Å². The highest BCUT2D eigenvalue weighted by Gasteiger charge is 2.11. The lowest BCUT2D eigenvalue weighted by Gasteiger charge is -2.11. The topological polar surface area (TPSA) is 113 Å². The van der Waals surface area contributed by atoms with Crippen molar-refractivity contribution in [2.24, 2.45) is 15.7 Å². The fourth-order valence-corrected chi connectivity index (χ4v) is 3.27. The van der Waals surface area contributed by atoms with E-state index in [1.165, 1.54) is 31.6 Å². The first-order valence-electron chi connectivity index (χ1n) is 8.15. The maximum absolute atomic E-state index is 13.4. The molecule has 0 fully saturated rings. The zero-order valence-corrected chi connectivity index (χ0v) is 16.4. The molecular formula is C19H22FN5O2S. The van der Waals surface area contributed by atoms with Crippen LogP contribution in [0.3, 0.4) is 0 Å². The van der Waals surface area contributed by atoms with E-state index in [2.05, 4.69) is 21.9 Å². The van der Waals surface area contributed by atoms with Crippen molar-refractivity contribution < 1.29 is 13.3 Å². The molecule has 0 spiro atoms. The number of nitrogens with one attached hydrogen (secondary N) is 2. The molecule has 148 valence electrons. The maximum atomic E-state index is 13.4. The summed E-state index contributed by atoms with van der Waals surface area (Å²) in [5.41, 5.74) is 7.28. The standard InChI is InChI=1S/C19H22FN5O2S/c1-13(24-16-6-4-5-14(9-16)11-28(3,22)26)25-19(23-12-21)17-8-7-15(20)10-18(17)27-2/h4-10,12,22,24H,1,11H2,2-3H3,(H2,21,23,25). The molecule has 1 atom stereocenters. The monoisotopic (exact) mass is 403 g/mol. The molecule has 0 bridgehead atoms. The first kappa shape index (κ1) is 21.1. The molecule has 9 heteroatoms. The number of aliphatic imine (C=N–C) groups is 2. The molecule has 4 N–H and O–H groups in total. The van der Waals surface area contributed by atoms with Gasteiger partial charge in [-0.15, -0.1) is 0 Å². The summed E-state index contributed by atoms with van der Waals surface area (Å²) in [6.07, 6.45) is 2.46. The Labute approximate surface area is 163 Å². The molecule has 0 amide bonds. The molecule has 2 aromatic rings. The molecule has 2 rings (SSSR count). The van der Waals surface area contributed by atoms with Crippen LogP contribution in [0.2, 0.25) is 0 Å². The molecule has 28 heavy (non-hydrogen) atoms. The quantitative estimate of drug-likeness (QED) is 0.486. The summed E-state index contributed by atoms with van der Waals surface area (Å²) >= 11 is 0. The van der Waals surface area contributed by atoms with E-state index < -0.39 is 15.5 Å². The third-order valence-corrected chi connectivity index (χ3v) is 4.38. The number of methoxy groups -OCH3 is 1. The fraction of sp³-hybridized carbons (Fsp3) is 0.158. The van der Waals surface area contributed by atoms with Crippen LogP contribution in [0.4, 0.5) is 10.1 Å². The summed E-state index contributed by atoms with van der Waals surface area (Å²) in [6.45, 7) is 3.85. The van der Waals surface area contributed by atoms with Crippen LogP contribution in [-0.4, -0.2) is 29.7 Å². The SMILES string of the molecule is C=C(N=C(N=CN)c1ccc(F)cc1OC)Nc1cccc(CS(C)(=N)=O)c1. The van der Waals surface area contributed by atoms with Gasteiger partial charge in [-0.1, -0.05) is 18.7 Å². The molecule has 1 unspecified atom stereocenters. The van der Waals surface area contributed by atoms with Gasteiger partial charge < -0.3 is 15.8 Å². The Balaban J connectivity index is 2.29. The van der Waals surface area contributed by atoms with Crippen molar-refractivity contribution in [3.63, 3.8) is 0 Å². The number of halogens is 1. The van der Waals surface area contributed by atoms with Gasteiger partial charge in [0.05, 0.1) is 24.8 Å². The molecule has 0 aliphatic rings. The molecule has 0 aliphatic carbocycles. The predicted molar refractivity (Wildman–Crippen MR) is 112 cm³/mol. The largest absolute Gasteiger partial charge is 0.496 e. The predicted octanol–water partition coefficient (Wildman–Crippen LogP) is 3.33. The minimum Gasteiger partial charge on any atom is -0.496 e. The fourth-order valence-electron chi connectivity index (χ4n) is 2.46. The number of nitrogens with zero attached hydrogens (tertiary/aromatic N) is 2. The van der Waals surface area contributed by atoms with Crippen molar-refractivity contribution in [2.75, 3.05) is 18.7 Å². The average molecular weight is 403 g/mol. The molecular weight excluding hydrogens is 381 g/mol. The van der Waals surface area contributed by atoms with E-state index in [-0.39, 0.29) is 23.2 Å². The van der Waals surface area contributed by atoms with Gasteiger partial charge in [0, 0.05) is 27.7 Å².